The third-order valence-electron chi connectivity index (χ3n) is 3.61. The Morgan fingerprint density at radius 3 is 3.20 bits per heavy atom. The molecule has 0 fully saturated rings. The van der Waals surface area contributed by atoms with E-state index in [1.807, 2.05) is 18.2 Å². The number of hydrogen-bond donors (Lipinski definition) is 3. The van der Waals surface area contributed by atoms with Crippen LogP contribution >= 0.6 is 0 Å². The Labute approximate surface area is 117 Å². The largest absolute Gasteiger partial charge is 0.321 e. The minimum Gasteiger partial charge on any atom is -0.321 e. The summed E-state index contributed by atoms with van der Waals surface area (Å²) in [4.78, 5) is 12.3. The van der Waals surface area contributed by atoms with Crippen LogP contribution in [0, 0.1) is 0 Å². The standard InChI is InChI=1S/C15H18N4O/c1-2-10-4-3-5-11(8-10)17-15(20)14-12-9-16-7-6-13(12)18-19-14/h3-5,8,16H,2,6-7,9H2,1H3,(H,17,20)(H,18,19). The lowest BCUT2D eigenvalue weighted by Gasteiger charge is -2.13. The zero-order valence-electron chi connectivity index (χ0n) is 11.5. The molecule has 0 atom stereocenters. The summed E-state index contributed by atoms with van der Waals surface area (Å²) < 4.78 is 0. The third-order valence-corrected chi connectivity index (χ3v) is 3.61. The van der Waals surface area contributed by atoms with Crippen LogP contribution in [0.5, 0.6) is 0 Å². The highest BCUT2D eigenvalue weighted by Crippen LogP contribution is 2.17. The molecule has 3 rings (SSSR count). The van der Waals surface area contributed by atoms with Crippen molar-refractivity contribution in [3.8, 4) is 0 Å². The van der Waals surface area contributed by atoms with Gasteiger partial charge in [0.2, 0.25) is 0 Å². The average Bonchev–Trinajstić information content (AvgIpc) is 2.91. The molecule has 0 saturated carbocycles. The Hall–Kier alpha value is -2.14. The van der Waals surface area contributed by atoms with Crippen LogP contribution in [0.15, 0.2) is 24.3 Å². The monoisotopic (exact) mass is 270 g/mol. The van der Waals surface area contributed by atoms with Crippen LogP contribution in [0.2, 0.25) is 0 Å². The van der Waals surface area contributed by atoms with Crippen LogP contribution in [0.4, 0.5) is 5.69 Å². The fourth-order valence-electron chi connectivity index (χ4n) is 2.47. The Morgan fingerprint density at radius 1 is 1.45 bits per heavy atom. The predicted molar refractivity (Wildman–Crippen MR) is 77.8 cm³/mol. The topological polar surface area (TPSA) is 69.8 Å². The van der Waals surface area contributed by atoms with Gasteiger partial charge in [-0.3, -0.25) is 9.89 Å². The number of aryl methyl sites for hydroxylation is 1. The zero-order valence-corrected chi connectivity index (χ0v) is 11.5. The highest BCUT2D eigenvalue weighted by atomic mass is 16.1. The van der Waals surface area contributed by atoms with E-state index in [2.05, 4.69) is 33.8 Å². The number of hydrogen-bond acceptors (Lipinski definition) is 3. The second kappa shape index (κ2) is 5.46. The molecule has 0 saturated heterocycles. The van der Waals surface area contributed by atoms with Crippen molar-refractivity contribution < 1.29 is 4.79 Å². The molecule has 0 unspecified atom stereocenters. The fourth-order valence-corrected chi connectivity index (χ4v) is 2.47. The summed E-state index contributed by atoms with van der Waals surface area (Å²) in [7, 11) is 0. The van der Waals surface area contributed by atoms with Gasteiger partial charge < -0.3 is 10.6 Å². The Bertz CT molecular complexity index is 633. The number of benzene rings is 1. The molecule has 0 spiro atoms. The van der Waals surface area contributed by atoms with Gasteiger partial charge in [-0.25, -0.2) is 0 Å². The number of carbonyl (C=O) groups excluding carboxylic acids is 1. The number of aromatic nitrogens is 2. The van der Waals surface area contributed by atoms with E-state index in [0.717, 1.165) is 36.3 Å². The van der Waals surface area contributed by atoms with E-state index < -0.39 is 0 Å². The first kappa shape index (κ1) is 12.9. The first-order valence-electron chi connectivity index (χ1n) is 6.95. The van der Waals surface area contributed by atoms with Crippen molar-refractivity contribution in [3.63, 3.8) is 0 Å². The van der Waals surface area contributed by atoms with Gasteiger partial charge in [-0.05, 0) is 24.1 Å². The SMILES string of the molecule is CCc1cccc(NC(=O)c2n[nH]c3c2CNCC3)c1. The molecule has 0 radical (unpaired) electrons. The van der Waals surface area contributed by atoms with Crippen molar-refractivity contribution in [2.45, 2.75) is 26.3 Å². The van der Waals surface area contributed by atoms with Crippen LogP contribution in [-0.2, 0) is 19.4 Å². The summed E-state index contributed by atoms with van der Waals surface area (Å²) in [6, 6.07) is 7.90. The molecule has 1 amide bonds. The Morgan fingerprint density at radius 2 is 2.35 bits per heavy atom. The number of aromatic amines is 1. The number of anilines is 1. The van der Waals surface area contributed by atoms with Crippen molar-refractivity contribution in [3.05, 3.63) is 46.8 Å². The van der Waals surface area contributed by atoms with Crippen LogP contribution in [0.3, 0.4) is 0 Å². The Balaban J connectivity index is 1.80. The number of nitrogens with one attached hydrogen (secondary N) is 3. The van der Waals surface area contributed by atoms with Crippen LogP contribution < -0.4 is 10.6 Å². The highest BCUT2D eigenvalue weighted by Gasteiger charge is 2.21. The van der Waals surface area contributed by atoms with Crippen molar-refractivity contribution in [2.24, 2.45) is 0 Å². The van der Waals surface area contributed by atoms with Crippen molar-refractivity contribution >= 4 is 11.6 Å². The van der Waals surface area contributed by atoms with Gasteiger partial charge in [0.1, 0.15) is 0 Å². The first-order chi connectivity index (χ1) is 9.78. The van der Waals surface area contributed by atoms with Crippen LogP contribution in [0.1, 0.15) is 34.2 Å². The summed E-state index contributed by atoms with van der Waals surface area (Å²) in [5.74, 6) is -0.153. The average molecular weight is 270 g/mol. The van der Waals surface area contributed by atoms with Crippen molar-refractivity contribution in [2.75, 3.05) is 11.9 Å². The maximum atomic E-state index is 12.3. The van der Waals surface area contributed by atoms with E-state index in [1.165, 1.54) is 5.56 Å². The lowest BCUT2D eigenvalue weighted by molar-refractivity contribution is 0.102. The quantitative estimate of drug-likeness (QED) is 0.797. The number of H-pyrrole nitrogens is 1. The first-order valence-corrected chi connectivity index (χ1v) is 6.95. The lowest BCUT2D eigenvalue weighted by atomic mass is 10.1. The second-order valence-electron chi connectivity index (χ2n) is 4.96. The van der Waals surface area contributed by atoms with Gasteiger partial charge in [0.05, 0.1) is 0 Å². The normalized spacial score (nSPS) is 13.8. The zero-order chi connectivity index (χ0) is 13.9. The summed E-state index contributed by atoms with van der Waals surface area (Å²) in [6.45, 7) is 3.72. The molecule has 3 N–H and O–H groups in total. The van der Waals surface area contributed by atoms with Gasteiger partial charge in [0, 0.05) is 36.5 Å². The van der Waals surface area contributed by atoms with Gasteiger partial charge in [0.25, 0.3) is 5.91 Å². The molecule has 104 valence electrons. The molecule has 5 nitrogen and oxygen atoms in total. The molecule has 0 bridgehead atoms. The summed E-state index contributed by atoms with van der Waals surface area (Å²) >= 11 is 0. The fraction of sp³-hybridized carbons (Fsp3) is 0.333. The van der Waals surface area contributed by atoms with Crippen molar-refractivity contribution in [1.82, 2.24) is 15.5 Å². The summed E-state index contributed by atoms with van der Waals surface area (Å²) in [6.07, 6.45) is 1.84. The maximum Gasteiger partial charge on any atom is 0.276 e. The van der Waals surface area contributed by atoms with E-state index in [-0.39, 0.29) is 5.91 Å². The van der Waals surface area contributed by atoms with E-state index in [4.69, 9.17) is 0 Å². The van der Waals surface area contributed by atoms with E-state index in [9.17, 15) is 4.79 Å². The molecule has 1 aliphatic heterocycles. The molecular formula is C15H18N4O. The Kier molecular flexibility index (Phi) is 3.52. The lowest BCUT2D eigenvalue weighted by Crippen LogP contribution is -2.25. The summed E-state index contributed by atoms with van der Waals surface area (Å²) in [5.41, 5.74) is 4.56. The molecule has 1 aromatic heterocycles. The number of nitrogens with zero attached hydrogens (tertiary/aromatic N) is 1. The minimum absolute atomic E-state index is 0.153. The molecule has 5 heteroatoms. The molecule has 2 heterocycles. The van der Waals surface area contributed by atoms with E-state index in [1.54, 1.807) is 0 Å². The summed E-state index contributed by atoms with van der Waals surface area (Å²) in [5, 5.41) is 13.3. The van der Waals surface area contributed by atoms with Gasteiger partial charge in [0.15, 0.2) is 5.69 Å². The molecule has 2 aromatic rings. The van der Waals surface area contributed by atoms with E-state index in [0.29, 0.717) is 12.2 Å². The second-order valence-corrected chi connectivity index (χ2v) is 4.96. The number of rotatable bonds is 3. The maximum absolute atomic E-state index is 12.3. The molecule has 1 aliphatic rings. The predicted octanol–water partition coefficient (Wildman–Crippen LogP) is 1.87. The third kappa shape index (κ3) is 2.44. The number of carbonyl (C=O) groups is 1. The van der Waals surface area contributed by atoms with E-state index >= 15 is 0 Å². The number of fused-ring (bicyclic) bond motifs is 1. The highest BCUT2D eigenvalue weighted by molar-refractivity contribution is 6.04. The molecule has 20 heavy (non-hydrogen) atoms. The van der Waals surface area contributed by atoms with Crippen molar-refractivity contribution in [1.29, 1.82) is 0 Å². The van der Waals surface area contributed by atoms with Gasteiger partial charge in [-0.15, -0.1) is 0 Å². The number of amides is 1. The van der Waals surface area contributed by atoms with Gasteiger partial charge >= 0.3 is 0 Å². The molecule has 1 aromatic carbocycles. The van der Waals surface area contributed by atoms with Gasteiger partial charge in [-0.1, -0.05) is 19.1 Å². The minimum atomic E-state index is -0.153. The van der Waals surface area contributed by atoms with Crippen LogP contribution in [-0.4, -0.2) is 22.6 Å². The molecule has 0 aliphatic carbocycles. The van der Waals surface area contributed by atoms with Crippen LogP contribution in [0.25, 0.3) is 0 Å². The van der Waals surface area contributed by atoms with Gasteiger partial charge in [-0.2, -0.15) is 5.10 Å². The smallest absolute Gasteiger partial charge is 0.276 e. The molecular weight excluding hydrogens is 252 g/mol.